The first-order valence-electron chi connectivity index (χ1n) is 13.3. The van der Waals surface area contributed by atoms with Crippen LogP contribution in [0.15, 0.2) is 22.7 Å². The van der Waals surface area contributed by atoms with E-state index >= 15 is 0 Å². The zero-order valence-corrected chi connectivity index (χ0v) is 21.6. The van der Waals surface area contributed by atoms with Gasteiger partial charge in [0.1, 0.15) is 5.76 Å². The van der Waals surface area contributed by atoms with E-state index in [1.165, 1.54) is 12.0 Å². The van der Waals surface area contributed by atoms with Gasteiger partial charge in [-0.25, -0.2) is 0 Å². The molecular weight excluding hydrogens is 440 g/mol. The van der Waals surface area contributed by atoms with Gasteiger partial charge in [-0.05, 0) is 88.2 Å². The van der Waals surface area contributed by atoms with Crippen molar-refractivity contribution in [3.63, 3.8) is 0 Å². The Morgan fingerprint density at radius 3 is 2.54 bits per heavy atom. The molecule has 1 aromatic carbocycles. The Hall–Kier alpha value is -2.63. The van der Waals surface area contributed by atoms with Crippen LogP contribution in [0.4, 0.5) is 5.69 Å². The van der Waals surface area contributed by atoms with E-state index in [9.17, 15) is 9.59 Å². The minimum Gasteiger partial charge on any atom is -0.481 e. The van der Waals surface area contributed by atoms with Gasteiger partial charge in [0.15, 0.2) is 0 Å². The standard InChI is InChI=1S/C29H40N2O4/c1-17(2)12-20-14-23(15-20)29-27(21-9-10-21)28(31-35-29)22(6-5-7-26(33)34)16-25(32)30-24-11-8-18(3)13-19(24)4/h8,11,13,17,20-23H,5-7,9-10,12,14-16H2,1-4H3,(H,30,32)(H,33,34). The molecule has 2 aromatic rings. The molecule has 2 saturated carbocycles. The van der Waals surface area contributed by atoms with Gasteiger partial charge in [-0.15, -0.1) is 0 Å². The van der Waals surface area contributed by atoms with Crippen molar-refractivity contribution in [2.75, 3.05) is 5.32 Å². The zero-order chi connectivity index (χ0) is 25.1. The third kappa shape index (κ3) is 6.53. The fraction of sp³-hybridized carbons (Fsp3) is 0.621. The molecule has 0 saturated heterocycles. The number of carboxylic acid groups (broad SMARTS) is 1. The van der Waals surface area contributed by atoms with Crippen molar-refractivity contribution in [1.29, 1.82) is 0 Å². The van der Waals surface area contributed by atoms with Crippen LogP contribution in [-0.4, -0.2) is 22.1 Å². The summed E-state index contributed by atoms with van der Waals surface area (Å²) in [5.74, 6) is 2.40. The maximum absolute atomic E-state index is 13.1. The molecule has 6 nitrogen and oxygen atoms in total. The molecule has 0 bridgehead atoms. The van der Waals surface area contributed by atoms with Gasteiger partial charge in [-0.2, -0.15) is 0 Å². The number of aromatic nitrogens is 1. The monoisotopic (exact) mass is 480 g/mol. The molecule has 0 radical (unpaired) electrons. The summed E-state index contributed by atoms with van der Waals surface area (Å²) in [5.41, 5.74) is 5.14. The number of benzene rings is 1. The first-order chi connectivity index (χ1) is 16.7. The minimum absolute atomic E-state index is 0.0655. The molecule has 35 heavy (non-hydrogen) atoms. The van der Waals surface area contributed by atoms with Crippen LogP contribution in [0.2, 0.25) is 0 Å². The molecule has 2 fully saturated rings. The highest BCUT2D eigenvalue weighted by molar-refractivity contribution is 5.92. The van der Waals surface area contributed by atoms with E-state index in [0.29, 0.717) is 30.6 Å². The Bertz CT molecular complexity index is 1050. The lowest BCUT2D eigenvalue weighted by Crippen LogP contribution is -2.24. The highest BCUT2D eigenvalue weighted by Crippen LogP contribution is 2.52. The Kier molecular flexibility index (Phi) is 7.98. The molecule has 4 rings (SSSR count). The van der Waals surface area contributed by atoms with Crippen LogP contribution in [0.1, 0.15) is 118 Å². The van der Waals surface area contributed by atoms with E-state index in [1.807, 2.05) is 26.0 Å². The van der Waals surface area contributed by atoms with Crippen LogP contribution in [0.25, 0.3) is 0 Å². The number of carboxylic acids is 1. The number of aryl methyl sites for hydroxylation is 2. The number of carbonyl (C=O) groups excluding carboxylic acids is 1. The zero-order valence-electron chi connectivity index (χ0n) is 21.6. The largest absolute Gasteiger partial charge is 0.481 e. The summed E-state index contributed by atoms with van der Waals surface area (Å²) in [5, 5.41) is 16.8. The third-order valence-corrected chi connectivity index (χ3v) is 7.60. The van der Waals surface area contributed by atoms with Crippen LogP contribution in [0, 0.1) is 25.7 Å². The maximum atomic E-state index is 13.1. The Morgan fingerprint density at radius 2 is 1.91 bits per heavy atom. The quantitative estimate of drug-likeness (QED) is 0.339. The number of carbonyl (C=O) groups is 2. The van der Waals surface area contributed by atoms with Gasteiger partial charge < -0.3 is 14.9 Å². The third-order valence-electron chi connectivity index (χ3n) is 7.60. The number of nitrogens with zero attached hydrogens (tertiary/aromatic N) is 1. The molecule has 0 aliphatic heterocycles. The number of nitrogens with one attached hydrogen (secondary N) is 1. The van der Waals surface area contributed by atoms with E-state index in [1.54, 1.807) is 0 Å². The predicted molar refractivity (Wildman–Crippen MR) is 137 cm³/mol. The van der Waals surface area contributed by atoms with Gasteiger partial charge in [0.05, 0.1) is 5.69 Å². The molecule has 1 heterocycles. The molecule has 1 aromatic heterocycles. The Balaban J connectivity index is 1.51. The molecule has 2 aliphatic carbocycles. The van der Waals surface area contributed by atoms with Gasteiger partial charge in [-0.3, -0.25) is 9.59 Å². The molecule has 1 amide bonds. The van der Waals surface area contributed by atoms with Crippen molar-refractivity contribution in [3.05, 3.63) is 46.3 Å². The lowest BCUT2D eigenvalue weighted by atomic mass is 9.69. The van der Waals surface area contributed by atoms with E-state index in [0.717, 1.165) is 59.9 Å². The van der Waals surface area contributed by atoms with Crippen molar-refractivity contribution in [3.8, 4) is 0 Å². The maximum Gasteiger partial charge on any atom is 0.303 e. The van der Waals surface area contributed by atoms with Crippen molar-refractivity contribution in [2.24, 2.45) is 11.8 Å². The van der Waals surface area contributed by atoms with Gasteiger partial charge in [0.2, 0.25) is 5.91 Å². The van der Waals surface area contributed by atoms with Crippen LogP contribution in [-0.2, 0) is 9.59 Å². The number of aliphatic carboxylic acids is 1. The second kappa shape index (κ2) is 11.0. The SMILES string of the molecule is Cc1ccc(NC(=O)CC(CCCC(=O)O)c2noc(C3CC(CC(C)C)C3)c2C2CC2)c(C)c1. The van der Waals surface area contributed by atoms with Crippen LogP contribution in [0.3, 0.4) is 0 Å². The van der Waals surface area contributed by atoms with E-state index in [-0.39, 0.29) is 24.7 Å². The van der Waals surface area contributed by atoms with E-state index in [2.05, 4.69) is 30.4 Å². The van der Waals surface area contributed by atoms with Gasteiger partial charge >= 0.3 is 5.97 Å². The molecule has 2 N–H and O–H groups in total. The summed E-state index contributed by atoms with van der Waals surface area (Å²) in [6, 6.07) is 5.99. The lowest BCUT2D eigenvalue weighted by Gasteiger charge is -2.35. The second-order valence-electron chi connectivity index (χ2n) is 11.3. The molecule has 0 spiro atoms. The smallest absolute Gasteiger partial charge is 0.303 e. The number of rotatable bonds is 12. The van der Waals surface area contributed by atoms with Gasteiger partial charge in [0.25, 0.3) is 0 Å². The fourth-order valence-corrected chi connectivity index (χ4v) is 5.72. The second-order valence-corrected chi connectivity index (χ2v) is 11.3. The summed E-state index contributed by atoms with van der Waals surface area (Å²) in [7, 11) is 0. The van der Waals surface area contributed by atoms with E-state index in [4.69, 9.17) is 9.63 Å². The Labute approximate surface area is 208 Å². The van der Waals surface area contributed by atoms with Gasteiger partial charge in [-0.1, -0.05) is 36.7 Å². The van der Waals surface area contributed by atoms with Crippen molar-refractivity contribution in [2.45, 2.75) is 103 Å². The first kappa shape index (κ1) is 25.5. The average Bonchev–Trinajstić information content (AvgIpc) is 3.50. The van der Waals surface area contributed by atoms with Crippen molar-refractivity contribution in [1.82, 2.24) is 5.16 Å². The molecule has 6 heteroatoms. The average molecular weight is 481 g/mol. The predicted octanol–water partition coefficient (Wildman–Crippen LogP) is 7.08. The van der Waals surface area contributed by atoms with Crippen LogP contribution >= 0.6 is 0 Å². The molecule has 1 unspecified atom stereocenters. The molecule has 2 aliphatic rings. The highest BCUT2D eigenvalue weighted by atomic mass is 16.5. The van der Waals surface area contributed by atoms with Crippen LogP contribution < -0.4 is 5.32 Å². The van der Waals surface area contributed by atoms with Crippen molar-refractivity contribution < 1.29 is 19.2 Å². The van der Waals surface area contributed by atoms with E-state index < -0.39 is 5.97 Å². The van der Waals surface area contributed by atoms with Crippen LogP contribution in [0.5, 0.6) is 0 Å². The summed E-state index contributed by atoms with van der Waals surface area (Å²) in [4.78, 5) is 24.3. The summed E-state index contributed by atoms with van der Waals surface area (Å²) < 4.78 is 6.00. The molecule has 190 valence electrons. The number of hydrogen-bond acceptors (Lipinski definition) is 4. The number of amides is 1. The summed E-state index contributed by atoms with van der Waals surface area (Å²) >= 11 is 0. The Morgan fingerprint density at radius 1 is 1.17 bits per heavy atom. The lowest BCUT2D eigenvalue weighted by molar-refractivity contribution is -0.137. The highest BCUT2D eigenvalue weighted by Gasteiger charge is 2.41. The normalized spacial score (nSPS) is 20.5. The fourth-order valence-electron chi connectivity index (χ4n) is 5.72. The summed E-state index contributed by atoms with van der Waals surface area (Å²) in [6.07, 6.45) is 7.35. The minimum atomic E-state index is -0.808. The molecular formula is C29H40N2O4. The molecule has 1 atom stereocenters. The number of anilines is 1. The van der Waals surface area contributed by atoms with Gasteiger partial charge in [0, 0.05) is 35.9 Å². The number of hydrogen-bond donors (Lipinski definition) is 2. The first-order valence-corrected chi connectivity index (χ1v) is 13.3. The van der Waals surface area contributed by atoms with Crippen molar-refractivity contribution >= 4 is 17.6 Å². The summed E-state index contributed by atoms with van der Waals surface area (Å²) in [6.45, 7) is 8.58. The topological polar surface area (TPSA) is 92.4 Å².